The molecule has 1 aliphatic heterocycles. The van der Waals surface area contributed by atoms with E-state index in [1.807, 2.05) is 0 Å². The number of hydrogen-bond acceptors (Lipinski definition) is 3. The Morgan fingerprint density at radius 2 is 2.23 bits per heavy atom. The molecule has 13 heavy (non-hydrogen) atoms. The predicted molar refractivity (Wildman–Crippen MR) is 49.3 cm³/mol. The highest BCUT2D eigenvalue weighted by molar-refractivity contribution is 5.76. The van der Waals surface area contributed by atoms with Crippen LogP contribution < -0.4 is 5.32 Å². The maximum absolute atomic E-state index is 11.4. The fraction of sp³-hybridized carbons (Fsp3) is 0.900. The SMILES string of the molecule is O=C(OCCC1CC1)C1CCCN1. The minimum absolute atomic E-state index is 0.0146. The molecule has 1 saturated heterocycles. The fourth-order valence-corrected chi connectivity index (χ4v) is 1.72. The van der Waals surface area contributed by atoms with Crippen LogP contribution in [0.4, 0.5) is 0 Å². The van der Waals surface area contributed by atoms with Crippen LogP contribution in [0.1, 0.15) is 32.1 Å². The highest BCUT2D eigenvalue weighted by Crippen LogP contribution is 2.32. The number of carbonyl (C=O) groups is 1. The van der Waals surface area contributed by atoms with Crippen LogP contribution >= 0.6 is 0 Å². The van der Waals surface area contributed by atoms with E-state index in [1.165, 1.54) is 12.8 Å². The Labute approximate surface area is 78.8 Å². The number of rotatable bonds is 4. The number of esters is 1. The molecule has 1 saturated carbocycles. The van der Waals surface area contributed by atoms with Gasteiger partial charge < -0.3 is 10.1 Å². The molecule has 1 aliphatic carbocycles. The van der Waals surface area contributed by atoms with E-state index < -0.39 is 0 Å². The van der Waals surface area contributed by atoms with Gasteiger partial charge in [-0.2, -0.15) is 0 Å². The van der Waals surface area contributed by atoms with Gasteiger partial charge in [-0.3, -0.25) is 4.79 Å². The molecule has 0 bridgehead atoms. The van der Waals surface area contributed by atoms with Crippen molar-refractivity contribution in [1.82, 2.24) is 5.32 Å². The first-order valence-corrected chi connectivity index (χ1v) is 5.26. The summed E-state index contributed by atoms with van der Waals surface area (Å²) in [5.74, 6) is 0.808. The number of carbonyl (C=O) groups excluding carboxylic acids is 1. The average molecular weight is 183 g/mol. The largest absolute Gasteiger partial charge is 0.465 e. The average Bonchev–Trinajstić information content (AvgIpc) is 2.80. The van der Waals surface area contributed by atoms with E-state index in [0.29, 0.717) is 6.61 Å². The van der Waals surface area contributed by atoms with Crippen molar-refractivity contribution in [1.29, 1.82) is 0 Å². The van der Waals surface area contributed by atoms with E-state index in [9.17, 15) is 4.79 Å². The van der Waals surface area contributed by atoms with Crippen molar-refractivity contribution in [3.05, 3.63) is 0 Å². The van der Waals surface area contributed by atoms with E-state index in [0.717, 1.165) is 31.7 Å². The molecule has 1 heterocycles. The Balaban J connectivity index is 1.59. The number of hydrogen-bond donors (Lipinski definition) is 1. The van der Waals surface area contributed by atoms with Gasteiger partial charge in [0.2, 0.25) is 0 Å². The maximum atomic E-state index is 11.4. The summed E-state index contributed by atoms with van der Waals surface area (Å²) in [6.45, 7) is 1.59. The van der Waals surface area contributed by atoms with Gasteiger partial charge in [-0.1, -0.05) is 12.8 Å². The Bertz CT molecular complexity index is 183. The second-order valence-corrected chi connectivity index (χ2v) is 4.05. The molecule has 0 radical (unpaired) electrons. The van der Waals surface area contributed by atoms with Crippen molar-refractivity contribution >= 4 is 5.97 Å². The smallest absolute Gasteiger partial charge is 0.323 e. The van der Waals surface area contributed by atoms with Crippen LogP contribution in [-0.2, 0) is 9.53 Å². The molecule has 2 aliphatic rings. The highest BCUT2D eigenvalue weighted by atomic mass is 16.5. The summed E-state index contributed by atoms with van der Waals surface area (Å²) in [4.78, 5) is 11.4. The molecule has 3 heteroatoms. The van der Waals surface area contributed by atoms with Gasteiger partial charge in [-0.25, -0.2) is 0 Å². The topological polar surface area (TPSA) is 38.3 Å². The third-order valence-electron chi connectivity index (χ3n) is 2.81. The first kappa shape index (κ1) is 9.00. The summed E-state index contributed by atoms with van der Waals surface area (Å²) in [7, 11) is 0. The molecule has 2 fully saturated rings. The monoisotopic (exact) mass is 183 g/mol. The lowest BCUT2D eigenvalue weighted by Gasteiger charge is -2.09. The zero-order valence-electron chi connectivity index (χ0n) is 7.92. The summed E-state index contributed by atoms with van der Waals surface area (Å²) in [6.07, 6.45) is 5.78. The molecular weight excluding hydrogens is 166 g/mol. The predicted octanol–water partition coefficient (Wildman–Crippen LogP) is 1.08. The minimum atomic E-state index is -0.0434. The Kier molecular flexibility index (Phi) is 2.83. The van der Waals surface area contributed by atoms with Gasteiger partial charge in [-0.15, -0.1) is 0 Å². The van der Waals surface area contributed by atoms with Crippen molar-refractivity contribution in [2.45, 2.75) is 38.1 Å². The maximum Gasteiger partial charge on any atom is 0.323 e. The Hall–Kier alpha value is -0.570. The summed E-state index contributed by atoms with van der Waals surface area (Å²) < 4.78 is 5.18. The van der Waals surface area contributed by atoms with Crippen LogP contribution in [-0.4, -0.2) is 25.2 Å². The molecule has 0 aromatic rings. The standard InChI is InChI=1S/C10H17NO2/c12-10(9-2-1-6-11-9)13-7-5-8-3-4-8/h8-9,11H,1-7H2. The molecule has 0 amide bonds. The lowest BCUT2D eigenvalue weighted by atomic mass is 10.2. The second kappa shape index (κ2) is 4.09. The van der Waals surface area contributed by atoms with Gasteiger partial charge in [-0.05, 0) is 31.7 Å². The molecule has 3 nitrogen and oxygen atoms in total. The third-order valence-corrected chi connectivity index (χ3v) is 2.81. The Morgan fingerprint density at radius 3 is 2.85 bits per heavy atom. The molecule has 2 rings (SSSR count). The molecule has 74 valence electrons. The van der Waals surface area contributed by atoms with Gasteiger partial charge in [0, 0.05) is 0 Å². The van der Waals surface area contributed by atoms with E-state index in [-0.39, 0.29) is 12.0 Å². The minimum Gasteiger partial charge on any atom is -0.465 e. The molecule has 0 aromatic heterocycles. The van der Waals surface area contributed by atoms with Gasteiger partial charge in [0.1, 0.15) is 6.04 Å². The second-order valence-electron chi connectivity index (χ2n) is 4.05. The van der Waals surface area contributed by atoms with Crippen molar-refractivity contribution < 1.29 is 9.53 Å². The first-order chi connectivity index (χ1) is 6.36. The molecule has 1 atom stereocenters. The third kappa shape index (κ3) is 2.69. The summed E-state index contributed by atoms with van der Waals surface area (Å²) in [6, 6.07) is -0.0146. The molecule has 1 N–H and O–H groups in total. The van der Waals surface area contributed by atoms with Gasteiger partial charge >= 0.3 is 5.97 Å². The first-order valence-electron chi connectivity index (χ1n) is 5.26. The lowest BCUT2D eigenvalue weighted by molar-refractivity contribution is -0.145. The van der Waals surface area contributed by atoms with Crippen molar-refractivity contribution in [3.63, 3.8) is 0 Å². The lowest BCUT2D eigenvalue weighted by Crippen LogP contribution is -2.32. The fourth-order valence-electron chi connectivity index (χ4n) is 1.72. The molecule has 1 unspecified atom stereocenters. The molecule has 0 spiro atoms. The number of ether oxygens (including phenoxy) is 1. The quantitative estimate of drug-likeness (QED) is 0.663. The van der Waals surface area contributed by atoms with Crippen molar-refractivity contribution in [2.24, 2.45) is 5.92 Å². The Morgan fingerprint density at radius 1 is 1.38 bits per heavy atom. The van der Waals surface area contributed by atoms with E-state index >= 15 is 0 Å². The van der Waals surface area contributed by atoms with Crippen LogP contribution in [0.5, 0.6) is 0 Å². The van der Waals surface area contributed by atoms with Crippen molar-refractivity contribution in [3.8, 4) is 0 Å². The van der Waals surface area contributed by atoms with Gasteiger partial charge in [0.05, 0.1) is 6.61 Å². The normalized spacial score (nSPS) is 27.5. The molecule has 0 aromatic carbocycles. The van der Waals surface area contributed by atoms with E-state index in [4.69, 9.17) is 4.74 Å². The van der Waals surface area contributed by atoms with Crippen LogP contribution in [0.15, 0.2) is 0 Å². The highest BCUT2D eigenvalue weighted by Gasteiger charge is 2.25. The van der Waals surface area contributed by atoms with Crippen molar-refractivity contribution in [2.75, 3.05) is 13.2 Å². The van der Waals surface area contributed by atoms with Gasteiger partial charge in [0.15, 0.2) is 0 Å². The van der Waals surface area contributed by atoms with Gasteiger partial charge in [0.25, 0.3) is 0 Å². The summed E-state index contributed by atoms with van der Waals surface area (Å²) in [5.41, 5.74) is 0. The zero-order chi connectivity index (χ0) is 9.10. The van der Waals surface area contributed by atoms with Crippen LogP contribution in [0, 0.1) is 5.92 Å². The zero-order valence-corrected chi connectivity index (χ0v) is 7.92. The van der Waals surface area contributed by atoms with E-state index in [1.54, 1.807) is 0 Å². The van der Waals surface area contributed by atoms with E-state index in [2.05, 4.69) is 5.32 Å². The van der Waals surface area contributed by atoms with Crippen LogP contribution in [0.3, 0.4) is 0 Å². The molecular formula is C10H17NO2. The number of nitrogens with one attached hydrogen (secondary N) is 1. The van der Waals surface area contributed by atoms with Crippen LogP contribution in [0.25, 0.3) is 0 Å². The van der Waals surface area contributed by atoms with Crippen LogP contribution in [0.2, 0.25) is 0 Å². The summed E-state index contributed by atoms with van der Waals surface area (Å²) >= 11 is 0. The summed E-state index contributed by atoms with van der Waals surface area (Å²) in [5, 5.41) is 3.14.